The Kier molecular flexibility index (Phi) is 6.62. The minimum atomic E-state index is -4.76. The highest BCUT2D eigenvalue weighted by molar-refractivity contribution is 6.09. The summed E-state index contributed by atoms with van der Waals surface area (Å²) in [6.45, 7) is 7.70. The van der Waals surface area contributed by atoms with Crippen molar-refractivity contribution in [1.29, 1.82) is 0 Å². The van der Waals surface area contributed by atoms with Crippen molar-refractivity contribution in [3.8, 4) is 11.1 Å². The summed E-state index contributed by atoms with van der Waals surface area (Å²) in [6, 6.07) is 2.69. The van der Waals surface area contributed by atoms with Crippen LogP contribution in [0, 0.1) is 12.7 Å². The summed E-state index contributed by atoms with van der Waals surface area (Å²) in [5, 5.41) is 5.12. The summed E-state index contributed by atoms with van der Waals surface area (Å²) < 4.78 is 56.0. The Hall–Kier alpha value is -3.73. The molecule has 2 aliphatic rings. The van der Waals surface area contributed by atoms with Gasteiger partial charge in [0.1, 0.15) is 11.6 Å². The van der Waals surface area contributed by atoms with E-state index >= 15 is 4.39 Å². The first-order valence-electron chi connectivity index (χ1n) is 10.8. The van der Waals surface area contributed by atoms with Crippen molar-refractivity contribution in [2.45, 2.75) is 13.1 Å². The monoisotopic (exact) mass is 488 g/mol. The summed E-state index contributed by atoms with van der Waals surface area (Å²) in [5.41, 5.74) is -0.646. The normalized spacial score (nSPS) is 17.0. The first-order valence-corrected chi connectivity index (χ1v) is 10.8. The number of alkyl halides is 3. The molecular formula is C24H24F4N6O. The molecule has 2 N–H and O–H groups in total. The minimum Gasteiger partial charge on any atom is -0.367 e. The molecular weight excluding hydrogens is 464 g/mol. The molecule has 0 saturated carbocycles. The van der Waals surface area contributed by atoms with Crippen LogP contribution >= 0.6 is 0 Å². The average Bonchev–Trinajstić information content (AvgIpc) is 2.80. The van der Waals surface area contributed by atoms with Crippen LogP contribution in [0.2, 0.25) is 0 Å². The highest BCUT2D eigenvalue weighted by atomic mass is 19.4. The van der Waals surface area contributed by atoms with Crippen LogP contribution in [0.25, 0.3) is 11.1 Å². The van der Waals surface area contributed by atoms with Crippen molar-refractivity contribution in [3.63, 3.8) is 0 Å². The number of aromatic nitrogens is 2. The van der Waals surface area contributed by atoms with E-state index in [0.29, 0.717) is 43.3 Å². The molecule has 35 heavy (non-hydrogen) atoms. The molecule has 1 saturated heterocycles. The number of allylic oxidation sites excluding steroid dienone is 1. The van der Waals surface area contributed by atoms with Gasteiger partial charge in [-0.1, -0.05) is 6.58 Å². The maximum Gasteiger partial charge on any atom is 0.417 e. The van der Waals surface area contributed by atoms with Crippen molar-refractivity contribution in [3.05, 3.63) is 71.9 Å². The Bertz CT molecular complexity index is 1210. The minimum absolute atomic E-state index is 0.00967. The smallest absolute Gasteiger partial charge is 0.367 e. The van der Waals surface area contributed by atoms with Gasteiger partial charge < -0.3 is 20.4 Å². The van der Waals surface area contributed by atoms with Gasteiger partial charge in [0.15, 0.2) is 0 Å². The second-order valence-electron chi connectivity index (χ2n) is 8.40. The van der Waals surface area contributed by atoms with Gasteiger partial charge in [0.05, 0.1) is 22.5 Å². The molecule has 0 bridgehead atoms. The molecule has 1 aromatic carbocycles. The number of hydrogen-bond donors (Lipinski definition) is 2. The number of likely N-dealkylation sites (N-methyl/N-ethyl adjacent to an activating group) is 1. The largest absolute Gasteiger partial charge is 0.417 e. The number of nitrogens with zero attached hydrogens (tertiary/aromatic N) is 4. The van der Waals surface area contributed by atoms with Crippen molar-refractivity contribution in [1.82, 2.24) is 20.2 Å². The van der Waals surface area contributed by atoms with Crippen LogP contribution in [-0.2, 0) is 4.79 Å². The van der Waals surface area contributed by atoms with Crippen molar-refractivity contribution in [2.24, 2.45) is 0 Å². The number of aryl methyl sites for hydroxylation is 1. The van der Waals surface area contributed by atoms with Crippen molar-refractivity contribution in [2.75, 3.05) is 43.4 Å². The number of hydrogen-bond acceptors (Lipinski definition) is 6. The standard InChI is InChI=1S/C24H24F4N6O/c1-14-8-19(24(26,27)28)18(13-29-14)23(35)32-21-9-17(16-11-30-15(2)31-12-16)20(25)10-22(21)34-6-4-33(3)5-7-34/h8-13,29H,1,4-7H2,2-3H3,(H,32,35). The Morgan fingerprint density at radius 3 is 2.43 bits per heavy atom. The number of carbonyl (C=O) groups excluding carboxylic acids is 1. The lowest BCUT2D eigenvalue weighted by Crippen LogP contribution is -2.44. The SMILES string of the molecule is C=C1C=C(C(F)(F)F)C(C(=O)Nc2cc(-c3cnc(C)nc3)c(F)cc2N2CCN(C)CC2)=CN1. The molecule has 1 aromatic heterocycles. The van der Waals surface area contributed by atoms with E-state index in [4.69, 9.17) is 0 Å². The fraction of sp³-hybridized carbons (Fsp3) is 0.292. The molecule has 11 heteroatoms. The lowest BCUT2D eigenvalue weighted by molar-refractivity contribution is -0.115. The maximum absolute atomic E-state index is 15.2. The molecule has 4 rings (SSSR count). The molecule has 1 amide bonds. The van der Waals surface area contributed by atoms with E-state index in [0.717, 1.165) is 12.3 Å². The number of dihydropyridines is 1. The third-order valence-corrected chi connectivity index (χ3v) is 5.83. The fourth-order valence-electron chi connectivity index (χ4n) is 3.87. The van der Waals surface area contributed by atoms with E-state index < -0.39 is 29.0 Å². The zero-order chi connectivity index (χ0) is 25.3. The predicted octanol–water partition coefficient (Wildman–Crippen LogP) is 3.77. The van der Waals surface area contributed by atoms with Crippen LogP contribution < -0.4 is 15.5 Å². The predicted molar refractivity (Wildman–Crippen MR) is 125 cm³/mol. The Labute approximate surface area is 199 Å². The number of anilines is 2. The van der Waals surface area contributed by atoms with Crippen LogP contribution in [0.1, 0.15) is 5.82 Å². The highest BCUT2D eigenvalue weighted by Gasteiger charge is 2.40. The quantitative estimate of drug-likeness (QED) is 0.639. The number of amides is 1. The van der Waals surface area contributed by atoms with Gasteiger partial charge in [-0.3, -0.25) is 4.79 Å². The van der Waals surface area contributed by atoms with E-state index in [2.05, 4.69) is 32.1 Å². The van der Waals surface area contributed by atoms with E-state index in [1.165, 1.54) is 24.5 Å². The molecule has 1 fully saturated rings. The van der Waals surface area contributed by atoms with Gasteiger partial charge in [-0.15, -0.1) is 0 Å². The van der Waals surface area contributed by atoms with E-state index in [9.17, 15) is 18.0 Å². The highest BCUT2D eigenvalue weighted by Crippen LogP contribution is 2.37. The Morgan fingerprint density at radius 1 is 1.14 bits per heavy atom. The lowest BCUT2D eigenvalue weighted by Gasteiger charge is -2.35. The van der Waals surface area contributed by atoms with E-state index in [-0.39, 0.29) is 16.9 Å². The first-order chi connectivity index (χ1) is 16.5. The molecule has 2 aliphatic heterocycles. The number of carbonyl (C=O) groups is 1. The number of rotatable bonds is 4. The van der Waals surface area contributed by atoms with Gasteiger partial charge in [0, 0.05) is 61.6 Å². The summed E-state index contributed by atoms with van der Waals surface area (Å²) >= 11 is 0. The van der Waals surface area contributed by atoms with Crippen LogP contribution in [0.4, 0.5) is 28.9 Å². The van der Waals surface area contributed by atoms with Gasteiger partial charge in [0.2, 0.25) is 0 Å². The number of halogens is 4. The van der Waals surface area contributed by atoms with Gasteiger partial charge in [-0.05, 0) is 32.2 Å². The summed E-state index contributed by atoms with van der Waals surface area (Å²) in [7, 11) is 1.96. The van der Waals surface area contributed by atoms with Gasteiger partial charge in [-0.2, -0.15) is 13.2 Å². The second-order valence-corrected chi connectivity index (χ2v) is 8.40. The molecule has 0 atom stereocenters. The topological polar surface area (TPSA) is 73.4 Å². The molecule has 7 nitrogen and oxygen atoms in total. The van der Waals surface area contributed by atoms with Crippen LogP contribution in [0.15, 0.2) is 60.2 Å². The van der Waals surface area contributed by atoms with Gasteiger partial charge in [0.25, 0.3) is 5.91 Å². The molecule has 184 valence electrons. The lowest BCUT2D eigenvalue weighted by atomic mass is 10.0. The average molecular weight is 488 g/mol. The molecule has 0 spiro atoms. The molecule has 0 unspecified atom stereocenters. The van der Waals surface area contributed by atoms with Crippen molar-refractivity contribution >= 4 is 17.3 Å². The molecule has 0 radical (unpaired) electrons. The Morgan fingerprint density at radius 2 is 1.80 bits per heavy atom. The molecule has 3 heterocycles. The third kappa shape index (κ3) is 5.35. The second kappa shape index (κ2) is 9.49. The third-order valence-electron chi connectivity index (χ3n) is 5.83. The summed E-state index contributed by atoms with van der Waals surface area (Å²) in [6.07, 6.45) is -0.122. The van der Waals surface area contributed by atoms with Crippen LogP contribution in [-0.4, -0.2) is 60.2 Å². The number of benzene rings is 1. The summed E-state index contributed by atoms with van der Waals surface area (Å²) in [5.74, 6) is -1.04. The van der Waals surface area contributed by atoms with Crippen LogP contribution in [0.3, 0.4) is 0 Å². The number of nitrogens with one attached hydrogen (secondary N) is 2. The Balaban J connectivity index is 1.74. The van der Waals surface area contributed by atoms with Gasteiger partial charge >= 0.3 is 6.18 Å². The molecule has 2 aromatic rings. The van der Waals surface area contributed by atoms with Crippen LogP contribution in [0.5, 0.6) is 0 Å². The fourth-order valence-corrected chi connectivity index (χ4v) is 3.87. The summed E-state index contributed by atoms with van der Waals surface area (Å²) in [4.78, 5) is 25.2. The van der Waals surface area contributed by atoms with E-state index in [1.807, 2.05) is 11.9 Å². The molecule has 0 aliphatic carbocycles. The maximum atomic E-state index is 15.2. The van der Waals surface area contributed by atoms with Gasteiger partial charge in [-0.25, -0.2) is 14.4 Å². The zero-order valence-corrected chi connectivity index (χ0v) is 19.2. The first kappa shape index (κ1) is 24.4. The zero-order valence-electron chi connectivity index (χ0n) is 19.2. The number of piperazine rings is 1. The van der Waals surface area contributed by atoms with Crippen molar-refractivity contribution < 1.29 is 22.4 Å². The van der Waals surface area contributed by atoms with E-state index in [1.54, 1.807) is 6.92 Å².